The van der Waals surface area contributed by atoms with Gasteiger partial charge in [0.1, 0.15) is 0 Å². The van der Waals surface area contributed by atoms with Crippen molar-refractivity contribution in [3.05, 3.63) is 29.8 Å². The van der Waals surface area contributed by atoms with Crippen molar-refractivity contribution in [2.45, 2.75) is 23.9 Å². The van der Waals surface area contributed by atoms with E-state index in [2.05, 4.69) is 0 Å². The maximum atomic E-state index is 11.9. The minimum absolute atomic E-state index is 0.0622. The molecule has 0 aliphatic heterocycles. The number of aromatic carboxylic acids is 1. The van der Waals surface area contributed by atoms with E-state index in [9.17, 15) is 22.2 Å². The van der Waals surface area contributed by atoms with Crippen molar-refractivity contribution in [3.8, 4) is 0 Å². The number of carbonyl (C=O) groups is 1. The standard InChI is InChI=1S/C11H11F3O3S/c12-11(13,14)6-3-7-18(17)9-5-2-1-4-8(9)10(15)16/h1-2,4-5H,3,6-7H2,(H,15,16). The lowest BCUT2D eigenvalue weighted by Crippen LogP contribution is -2.11. The number of hydrogen-bond donors (Lipinski definition) is 1. The predicted molar refractivity (Wildman–Crippen MR) is 60.0 cm³/mol. The molecule has 1 unspecified atom stereocenters. The van der Waals surface area contributed by atoms with Gasteiger partial charge in [-0.15, -0.1) is 0 Å². The molecule has 0 saturated heterocycles. The van der Waals surface area contributed by atoms with Crippen LogP contribution in [0.15, 0.2) is 29.2 Å². The van der Waals surface area contributed by atoms with Gasteiger partial charge in [-0.3, -0.25) is 4.21 Å². The van der Waals surface area contributed by atoms with E-state index in [0.29, 0.717) is 0 Å². The predicted octanol–water partition coefficient (Wildman–Crippen LogP) is 2.83. The first-order chi connectivity index (χ1) is 8.31. The minimum Gasteiger partial charge on any atom is -0.478 e. The SMILES string of the molecule is O=C(O)c1ccccc1S(=O)CCCC(F)(F)F. The Morgan fingerprint density at radius 3 is 2.44 bits per heavy atom. The molecule has 1 aromatic carbocycles. The lowest BCUT2D eigenvalue weighted by molar-refractivity contribution is -0.134. The number of hydrogen-bond acceptors (Lipinski definition) is 2. The van der Waals surface area contributed by atoms with Crippen LogP contribution in [-0.4, -0.2) is 27.2 Å². The average molecular weight is 280 g/mol. The fourth-order valence-corrected chi connectivity index (χ4v) is 2.61. The number of rotatable bonds is 5. The van der Waals surface area contributed by atoms with Crippen molar-refractivity contribution < 1.29 is 27.3 Å². The summed E-state index contributed by atoms with van der Waals surface area (Å²) in [6.07, 6.45) is -5.59. The van der Waals surface area contributed by atoms with Gasteiger partial charge in [-0.2, -0.15) is 13.2 Å². The molecule has 7 heteroatoms. The van der Waals surface area contributed by atoms with Crippen LogP contribution in [0.5, 0.6) is 0 Å². The molecule has 3 nitrogen and oxygen atoms in total. The van der Waals surface area contributed by atoms with E-state index in [-0.39, 0.29) is 22.6 Å². The molecule has 0 amide bonds. The summed E-state index contributed by atoms with van der Waals surface area (Å²) >= 11 is 0. The Labute approximate surface area is 104 Å². The van der Waals surface area contributed by atoms with Crippen LogP contribution in [-0.2, 0) is 10.8 Å². The van der Waals surface area contributed by atoms with Crippen molar-refractivity contribution in [2.75, 3.05) is 5.75 Å². The van der Waals surface area contributed by atoms with Gasteiger partial charge < -0.3 is 5.11 Å². The highest BCUT2D eigenvalue weighted by Crippen LogP contribution is 2.22. The Morgan fingerprint density at radius 1 is 1.28 bits per heavy atom. The number of benzene rings is 1. The summed E-state index contributed by atoms with van der Waals surface area (Å²) in [6, 6.07) is 5.61. The van der Waals surface area contributed by atoms with E-state index >= 15 is 0 Å². The summed E-state index contributed by atoms with van der Waals surface area (Å²) in [5.41, 5.74) is -0.136. The van der Waals surface area contributed by atoms with Crippen LogP contribution in [0.25, 0.3) is 0 Å². The second-order valence-corrected chi connectivity index (χ2v) is 5.11. The summed E-state index contributed by atoms with van der Waals surface area (Å²) in [4.78, 5) is 10.9. The van der Waals surface area contributed by atoms with Crippen LogP contribution in [0, 0.1) is 0 Å². The fourth-order valence-electron chi connectivity index (χ4n) is 1.36. The summed E-state index contributed by atoms with van der Waals surface area (Å²) < 4.78 is 47.5. The maximum Gasteiger partial charge on any atom is 0.389 e. The Kier molecular flexibility index (Phi) is 4.89. The molecule has 1 atom stereocenters. The zero-order valence-electron chi connectivity index (χ0n) is 9.24. The Bertz CT molecular complexity index is 457. The molecule has 0 spiro atoms. The first kappa shape index (κ1) is 14.7. The zero-order valence-corrected chi connectivity index (χ0v) is 10.1. The number of alkyl halides is 3. The molecule has 0 bridgehead atoms. The van der Waals surface area contributed by atoms with E-state index in [1.165, 1.54) is 24.3 Å². The second-order valence-electron chi connectivity index (χ2n) is 3.57. The van der Waals surface area contributed by atoms with Crippen LogP contribution in [0.3, 0.4) is 0 Å². The number of carboxylic acid groups (broad SMARTS) is 1. The van der Waals surface area contributed by atoms with Gasteiger partial charge in [0.05, 0.1) is 21.3 Å². The first-order valence-corrected chi connectivity index (χ1v) is 6.40. The molecular formula is C11H11F3O3S. The Balaban J connectivity index is 2.70. The van der Waals surface area contributed by atoms with E-state index in [1.54, 1.807) is 0 Å². The minimum atomic E-state index is -4.28. The van der Waals surface area contributed by atoms with E-state index in [0.717, 1.165) is 0 Å². The summed E-state index contributed by atoms with van der Waals surface area (Å²) in [7, 11) is -1.73. The Morgan fingerprint density at radius 2 is 1.89 bits per heavy atom. The van der Waals surface area contributed by atoms with Gasteiger partial charge in [0.15, 0.2) is 0 Å². The van der Waals surface area contributed by atoms with Gasteiger partial charge in [-0.05, 0) is 18.6 Å². The molecule has 0 heterocycles. The van der Waals surface area contributed by atoms with Crippen LogP contribution in [0.4, 0.5) is 13.2 Å². The van der Waals surface area contributed by atoms with Gasteiger partial charge in [-0.25, -0.2) is 4.79 Å². The van der Waals surface area contributed by atoms with Crippen molar-refractivity contribution in [2.24, 2.45) is 0 Å². The van der Waals surface area contributed by atoms with Crippen LogP contribution in [0.1, 0.15) is 23.2 Å². The monoisotopic (exact) mass is 280 g/mol. The Hall–Kier alpha value is -1.37. The second kappa shape index (κ2) is 5.99. The lowest BCUT2D eigenvalue weighted by Gasteiger charge is -2.07. The molecule has 1 aromatic rings. The largest absolute Gasteiger partial charge is 0.478 e. The summed E-state index contributed by atoms with van der Waals surface area (Å²) in [6.45, 7) is 0. The van der Waals surface area contributed by atoms with Gasteiger partial charge >= 0.3 is 12.1 Å². The normalized spacial score (nSPS) is 13.3. The van der Waals surface area contributed by atoms with E-state index in [1.807, 2.05) is 0 Å². The molecule has 0 fully saturated rings. The van der Waals surface area contributed by atoms with E-state index < -0.39 is 29.4 Å². The van der Waals surface area contributed by atoms with Gasteiger partial charge in [0, 0.05) is 12.2 Å². The van der Waals surface area contributed by atoms with Crippen molar-refractivity contribution in [1.29, 1.82) is 0 Å². The first-order valence-electron chi connectivity index (χ1n) is 5.09. The highest BCUT2D eigenvalue weighted by molar-refractivity contribution is 7.85. The highest BCUT2D eigenvalue weighted by Gasteiger charge is 2.26. The third-order valence-corrected chi connectivity index (χ3v) is 3.66. The smallest absolute Gasteiger partial charge is 0.389 e. The van der Waals surface area contributed by atoms with E-state index in [4.69, 9.17) is 5.11 Å². The maximum absolute atomic E-state index is 11.9. The molecule has 1 N–H and O–H groups in total. The average Bonchev–Trinajstić information content (AvgIpc) is 2.27. The van der Waals surface area contributed by atoms with Crippen LogP contribution in [0.2, 0.25) is 0 Å². The summed E-state index contributed by atoms with van der Waals surface area (Å²) in [5.74, 6) is -1.45. The fraction of sp³-hybridized carbons (Fsp3) is 0.364. The van der Waals surface area contributed by atoms with Crippen LogP contribution >= 0.6 is 0 Å². The molecule has 18 heavy (non-hydrogen) atoms. The van der Waals surface area contributed by atoms with Gasteiger partial charge in [0.25, 0.3) is 0 Å². The topological polar surface area (TPSA) is 54.4 Å². The lowest BCUT2D eigenvalue weighted by atomic mass is 10.2. The number of halogens is 3. The van der Waals surface area contributed by atoms with Crippen molar-refractivity contribution >= 4 is 16.8 Å². The van der Waals surface area contributed by atoms with Gasteiger partial charge in [0.2, 0.25) is 0 Å². The zero-order chi connectivity index (χ0) is 13.8. The molecule has 0 aliphatic rings. The molecule has 0 radical (unpaired) electrons. The highest BCUT2D eigenvalue weighted by atomic mass is 32.2. The molecule has 1 rings (SSSR count). The molecule has 100 valence electrons. The third-order valence-electron chi connectivity index (χ3n) is 2.15. The molecule has 0 aliphatic carbocycles. The molecule has 0 aromatic heterocycles. The quantitative estimate of drug-likeness (QED) is 0.902. The molecule has 0 saturated carbocycles. The van der Waals surface area contributed by atoms with Crippen molar-refractivity contribution in [1.82, 2.24) is 0 Å². The van der Waals surface area contributed by atoms with Crippen molar-refractivity contribution in [3.63, 3.8) is 0 Å². The number of carboxylic acids is 1. The van der Waals surface area contributed by atoms with Gasteiger partial charge in [-0.1, -0.05) is 12.1 Å². The summed E-state index contributed by atoms with van der Waals surface area (Å²) in [5, 5.41) is 8.85. The third kappa shape index (κ3) is 4.48. The van der Waals surface area contributed by atoms with Crippen LogP contribution < -0.4 is 0 Å². The molecular weight excluding hydrogens is 269 g/mol.